The molecule has 0 aliphatic heterocycles. The Morgan fingerprint density at radius 2 is 1.67 bits per heavy atom. The van der Waals surface area contributed by atoms with E-state index < -0.39 is 10.0 Å². The number of aromatic hydroxyl groups is 1. The number of benzene rings is 3. The predicted molar refractivity (Wildman–Crippen MR) is 129 cm³/mol. The molecule has 3 aromatic carbocycles. The van der Waals surface area contributed by atoms with Crippen molar-refractivity contribution < 1.29 is 64.0 Å². The molecule has 0 fully saturated rings. The van der Waals surface area contributed by atoms with E-state index in [1.807, 2.05) is 0 Å². The molecule has 0 aliphatic carbocycles. The molecule has 0 saturated carbocycles. The second kappa shape index (κ2) is 10.7. The molecule has 1 radical (unpaired) electrons. The smallest absolute Gasteiger partial charge is 0.197 e. The molecule has 1 heterocycles. The molecule has 0 amide bonds. The second-order valence-electron chi connectivity index (χ2n) is 7.06. The number of carbonyl (C=O) groups excluding carboxylic acids is 1. The number of hydrogen-bond donors (Lipinski definition) is 1. The van der Waals surface area contributed by atoms with Crippen molar-refractivity contribution in [2.45, 2.75) is 18.4 Å². The Balaban J connectivity index is 0.00000306. The molecule has 0 bridgehead atoms. The number of carbonyl (C=O) groups is 1. The number of aryl methyl sites for hydroxylation is 1. The van der Waals surface area contributed by atoms with Crippen LogP contribution in [0.4, 0.5) is 0 Å². The molecule has 0 unspecified atom stereocenters. The SMILES string of the molecule is Cc1oc2cc(C[N-]S(=O)(=O)c3ccccc3)ccc2c1C(=O)c1cc(Br)c(O)c(Br)c1.[Pr]. The summed E-state index contributed by atoms with van der Waals surface area (Å²) in [5, 5.41) is 10.5. The Morgan fingerprint density at radius 3 is 2.30 bits per heavy atom. The summed E-state index contributed by atoms with van der Waals surface area (Å²) in [7, 11) is -3.76. The van der Waals surface area contributed by atoms with Gasteiger partial charge in [-0.05, 0) is 69.1 Å². The van der Waals surface area contributed by atoms with Gasteiger partial charge < -0.3 is 14.2 Å². The van der Waals surface area contributed by atoms with E-state index in [0.717, 1.165) is 0 Å². The molecule has 167 valence electrons. The van der Waals surface area contributed by atoms with Gasteiger partial charge in [0.1, 0.15) is 27.1 Å². The number of ketones is 1. The van der Waals surface area contributed by atoms with Gasteiger partial charge in [-0.1, -0.05) is 35.9 Å². The molecule has 4 rings (SSSR count). The summed E-state index contributed by atoms with van der Waals surface area (Å²) in [5.74, 6) is 0.192. The van der Waals surface area contributed by atoms with Crippen molar-refractivity contribution >= 4 is 58.6 Å². The topological polar surface area (TPSA) is 98.7 Å². The number of rotatable bonds is 6. The summed E-state index contributed by atoms with van der Waals surface area (Å²) < 4.78 is 35.2. The predicted octanol–water partition coefficient (Wildman–Crippen LogP) is 6.47. The summed E-state index contributed by atoms with van der Waals surface area (Å²) in [5.41, 5.74) is 1.89. The normalized spacial score (nSPS) is 11.4. The first-order valence-corrected chi connectivity index (χ1v) is 12.4. The van der Waals surface area contributed by atoms with E-state index in [-0.39, 0.29) is 64.3 Å². The Hall–Kier alpha value is -1.10. The van der Waals surface area contributed by atoms with Crippen LogP contribution in [0, 0.1) is 48.2 Å². The van der Waals surface area contributed by atoms with Gasteiger partial charge in [0, 0.05) is 57.1 Å². The number of halogens is 2. The number of phenolic OH excluding ortho intramolecular Hbond substituents is 1. The van der Waals surface area contributed by atoms with Gasteiger partial charge in [-0.25, -0.2) is 8.42 Å². The maximum absolute atomic E-state index is 13.2. The van der Waals surface area contributed by atoms with Crippen molar-refractivity contribution in [3.05, 3.63) is 96.8 Å². The van der Waals surface area contributed by atoms with Crippen LogP contribution in [0.5, 0.6) is 5.75 Å². The first kappa shape index (κ1) is 26.5. The van der Waals surface area contributed by atoms with Crippen molar-refractivity contribution in [1.82, 2.24) is 0 Å². The van der Waals surface area contributed by atoms with Gasteiger partial charge >= 0.3 is 0 Å². The number of phenols is 1. The molecule has 0 aliphatic rings. The van der Waals surface area contributed by atoms with E-state index in [2.05, 4.69) is 36.6 Å². The summed E-state index contributed by atoms with van der Waals surface area (Å²) in [6.45, 7) is 1.65. The van der Waals surface area contributed by atoms with Crippen molar-refractivity contribution in [2.24, 2.45) is 0 Å². The molecular formula is C23H16Br2NO5PrS-. The zero-order valence-corrected chi connectivity index (χ0v) is 24.9. The third-order valence-electron chi connectivity index (χ3n) is 4.89. The third-order valence-corrected chi connectivity index (χ3v) is 7.44. The van der Waals surface area contributed by atoms with E-state index >= 15 is 0 Å². The van der Waals surface area contributed by atoms with Crippen LogP contribution in [-0.2, 0) is 16.6 Å². The second-order valence-corrected chi connectivity index (χ2v) is 10.4. The van der Waals surface area contributed by atoms with Crippen LogP contribution in [0.3, 0.4) is 0 Å². The minimum absolute atomic E-state index is 0. The Morgan fingerprint density at radius 1 is 1.03 bits per heavy atom. The first-order chi connectivity index (χ1) is 15.2. The maximum Gasteiger partial charge on any atom is 0.197 e. The maximum atomic E-state index is 13.2. The van der Waals surface area contributed by atoms with Crippen LogP contribution in [-0.4, -0.2) is 19.3 Å². The van der Waals surface area contributed by atoms with Gasteiger partial charge in [-0.3, -0.25) is 4.79 Å². The van der Waals surface area contributed by atoms with Gasteiger partial charge in [0.05, 0.1) is 14.5 Å². The van der Waals surface area contributed by atoms with Crippen LogP contribution in [0.1, 0.15) is 27.2 Å². The van der Waals surface area contributed by atoms with Gasteiger partial charge in [-0.15, -0.1) is 6.54 Å². The average molecular weight is 719 g/mol. The number of hydrogen-bond acceptors (Lipinski definition) is 5. The third kappa shape index (κ3) is 5.60. The Kier molecular flexibility index (Phi) is 8.57. The summed E-state index contributed by atoms with van der Waals surface area (Å²) >= 11 is 6.48. The van der Waals surface area contributed by atoms with E-state index in [1.54, 1.807) is 55.5 Å². The molecule has 10 heteroatoms. The fraction of sp³-hybridized carbons (Fsp3) is 0.0870. The number of nitrogens with zero attached hydrogens (tertiary/aromatic N) is 1. The molecular weight excluding hydrogens is 703 g/mol. The summed E-state index contributed by atoms with van der Waals surface area (Å²) in [6, 6.07) is 16.2. The van der Waals surface area contributed by atoms with Crippen molar-refractivity contribution in [3.8, 4) is 5.75 Å². The van der Waals surface area contributed by atoms with Gasteiger partial charge in [0.15, 0.2) is 5.78 Å². The van der Waals surface area contributed by atoms with Crippen molar-refractivity contribution in [3.63, 3.8) is 0 Å². The van der Waals surface area contributed by atoms with Gasteiger partial charge in [0.2, 0.25) is 0 Å². The fourth-order valence-electron chi connectivity index (χ4n) is 3.31. The number of fused-ring (bicyclic) bond motifs is 1. The summed E-state index contributed by atoms with van der Waals surface area (Å²) in [4.78, 5) is 13.3. The first-order valence-electron chi connectivity index (χ1n) is 9.41. The Labute approximate surface area is 241 Å². The van der Waals surface area contributed by atoms with Crippen LogP contribution in [0.15, 0.2) is 78.9 Å². The average Bonchev–Trinajstić information content (AvgIpc) is 3.10. The van der Waals surface area contributed by atoms with Crippen LogP contribution in [0.25, 0.3) is 15.7 Å². The standard InChI is InChI=1S/C23H16Br2NO5S.Pr/c1-13-21(22(27)15-10-18(24)23(28)19(25)11-15)17-8-7-14(9-20(17)31-13)12-26-32(29,30)16-5-3-2-4-6-16;/h2-11H,12H2,1H3,(H,27,28);/q-1;. The minimum Gasteiger partial charge on any atom is -0.541 e. The fourth-order valence-corrected chi connectivity index (χ4v) is 5.47. The van der Waals surface area contributed by atoms with E-state index in [0.29, 0.717) is 42.4 Å². The molecule has 4 aromatic rings. The van der Waals surface area contributed by atoms with Crippen LogP contribution < -0.4 is 0 Å². The quantitative estimate of drug-likeness (QED) is 0.231. The van der Waals surface area contributed by atoms with E-state index in [1.165, 1.54) is 12.1 Å². The number of sulfonamides is 1. The molecule has 1 N–H and O–H groups in total. The molecule has 33 heavy (non-hydrogen) atoms. The summed E-state index contributed by atoms with van der Waals surface area (Å²) in [6.07, 6.45) is 0. The van der Waals surface area contributed by atoms with Gasteiger partial charge in [0.25, 0.3) is 0 Å². The molecule has 0 saturated heterocycles. The van der Waals surface area contributed by atoms with Crippen molar-refractivity contribution in [1.29, 1.82) is 0 Å². The van der Waals surface area contributed by atoms with Gasteiger partial charge in [-0.2, -0.15) is 0 Å². The zero-order valence-electron chi connectivity index (χ0n) is 17.2. The van der Waals surface area contributed by atoms with Crippen LogP contribution in [0.2, 0.25) is 0 Å². The molecule has 6 nitrogen and oxygen atoms in total. The number of furan rings is 1. The molecule has 1 aromatic heterocycles. The van der Waals surface area contributed by atoms with Crippen molar-refractivity contribution in [2.75, 3.05) is 0 Å². The minimum atomic E-state index is -3.76. The zero-order chi connectivity index (χ0) is 23.0. The Bertz CT molecular complexity index is 1430. The van der Waals surface area contributed by atoms with E-state index in [9.17, 15) is 18.3 Å². The van der Waals surface area contributed by atoms with Crippen LogP contribution >= 0.6 is 31.9 Å². The molecule has 0 spiro atoms. The largest absolute Gasteiger partial charge is 0.541 e. The molecule has 0 atom stereocenters. The monoisotopic (exact) mass is 717 g/mol. The van der Waals surface area contributed by atoms with E-state index in [4.69, 9.17) is 4.42 Å².